The van der Waals surface area contributed by atoms with Crippen molar-refractivity contribution in [3.05, 3.63) is 35.1 Å². The van der Waals surface area contributed by atoms with E-state index in [1.54, 1.807) is 0 Å². The topological polar surface area (TPSA) is 93.3 Å². The molecule has 0 bridgehead atoms. The van der Waals surface area contributed by atoms with Crippen LogP contribution in [-0.2, 0) is 0 Å². The van der Waals surface area contributed by atoms with Crippen LogP contribution in [0.4, 0.5) is 0 Å². The molecule has 24 heavy (non-hydrogen) atoms. The van der Waals surface area contributed by atoms with E-state index in [4.69, 9.17) is 17.2 Å². The second-order valence-electron chi connectivity index (χ2n) is 6.34. The maximum absolute atomic E-state index is 6.51. The highest BCUT2D eigenvalue weighted by Gasteiger charge is 2.24. The molecule has 0 rings (SSSR count). The smallest absolute Gasteiger partial charge is 0.106 e. The summed E-state index contributed by atoms with van der Waals surface area (Å²) in [5.74, 6) is 0.970. The SMILES string of the molecule is C=C(C(N)NCC)N(/C(N)=C(/C)CC)/C(CCC)=C(\N)C(C)CC. The first-order valence-electron chi connectivity index (χ1n) is 9.18. The molecular formula is C19H39N5. The molecule has 0 aliphatic rings. The molecule has 0 radical (unpaired) electrons. The van der Waals surface area contributed by atoms with Gasteiger partial charge >= 0.3 is 0 Å². The molecule has 0 heterocycles. The first-order chi connectivity index (χ1) is 11.3. The molecule has 5 heteroatoms. The molecule has 2 unspecified atom stereocenters. The number of rotatable bonds is 11. The van der Waals surface area contributed by atoms with Gasteiger partial charge in [0.15, 0.2) is 0 Å². The normalized spacial score (nSPS) is 16.1. The number of likely N-dealkylation sites (N-methyl/N-ethyl adjacent to an activating group) is 1. The lowest BCUT2D eigenvalue weighted by Crippen LogP contribution is -2.45. The third-order valence-electron chi connectivity index (χ3n) is 4.51. The molecule has 0 aromatic heterocycles. The summed E-state index contributed by atoms with van der Waals surface area (Å²) in [6.07, 6.45) is 3.30. The zero-order valence-electron chi connectivity index (χ0n) is 16.6. The molecule has 140 valence electrons. The van der Waals surface area contributed by atoms with Crippen LogP contribution in [-0.4, -0.2) is 17.6 Å². The lowest BCUT2D eigenvalue weighted by atomic mass is 10.00. The fourth-order valence-electron chi connectivity index (χ4n) is 2.45. The van der Waals surface area contributed by atoms with Crippen molar-refractivity contribution < 1.29 is 0 Å². The zero-order valence-corrected chi connectivity index (χ0v) is 16.6. The van der Waals surface area contributed by atoms with E-state index >= 15 is 0 Å². The molecule has 0 fully saturated rings. The van der Waals surface area contributed by atoms with Crippen molar-refractivity contribution in [2.75, 3.05) is 6.54 Å². The van der Waals surface area contributed by atoms with E-state index in [0.29, 0.717) is 5.82 Å². The van der Waals surface area contributed by atoms with Gasteiger partial charge in [0.1, 0.15) is 5.82 Å². The first-order valence-corrected chi connectivity index (χ1v) is 9.18. The van der Waals surface area contributed by atoms with Gasteiger partial charge in [-0.3, -0.25) is 5.32 Å². The Balaban J connectivity index is 6.20. The second kappa shape index (κ2) is 11.2. The molecule has 0 amide bonds. The third kappa shape index (κ3) is 5.87. The van der Waals surface area contributed by atoms with Crippen LogP contribution in [0.3, 0.4) is 0 Å². The van der Waals surface area contributed by atoms with Gasteiger partial charge in [0.2, 0.25) is 0 Å². The molecule has 0 spiro atoms. The highest BCUT2D eigenvalue weighted by atomic mass is 15.3. The van der Waals surface area contributed by atoms with Gasteiger partial charge in [-0.05, 0) is 44.2 Å². The fraction of sp³-hybridized carbons (Fsp3) is 0.684. The second-order valence-corrected chi connectivity index (χ2v) is 6.34. The van der Waals surface area contributed by atoms with Gasteiger partial charge in [-0.15, -0.1) is 0 Å². The number of nitrogens with two attached hydrogens (primary N) is 3. The van der Waals surface area contributed by atoms with E-state index in [2.05, 4.69) is 39.6 Å². The Bertz CT molecular complexity index is 464. The van der Waals surface area contributed by atoms with Gasteiger partial charge in [-0.2, -0.15) is 0 Å². The predicted molar refractivity (Wildman–Crippen MR) is 105 cm³/mol. The van der Waals surface area contributed by atoms with Crippen LogP contribution in [0.25, 0.3) is 0 Å². The van der Waals surface area contributed by atoms with Crippen molar-refractivity contribution in [2.45, 2.75) is 73.4 Å². The first kappa shape index (κ1) is 22.5. The van der Waals surface area contributed by atoms with Crippen molar-refractivity contribution in [2.24, 2.45) is 23.1 Å². The van der Waals surface area contributed by atoms with E-state index in [1.807, 2.05) is 18.7 Å². The van der Waals surface area contributed by atoms with Crippen LogP contribution < -0.4 is 22.5 Å². The average Bonchev–Trinajstić information content (AvgIpc) is 2.58. The number of nitrogens with zero attached hydrogens (tertiary/aromatic N) is 1. The highest BCUT2D eigenvalue weighted by molar-refractivity contribution is 5.28. The van der Waals surface area contributed by atoms with Crippen molar-refractivity contribution in [3.63, 3.8) is 0 Å². The van der Waals surface area contributed by atoms with E-state index < -0.39 is 0 Å². The minimum absolute atomic E-state index is 0.284. The molecule has 2 atom stereocenters. The molecule has 0 saturated heterocycles. The molecular weight excluding hydrogens is 298 g/mol. The van der Waals surface area contributed by atoms with E-state index in [-0.39, 0.29) is 12.1 Å². The molecule has 5 nitrogen and oxygen atoms in total. The minimum Gasteiger partial charge on any atom is -0.400 e. The summed E-state index contributed by atoms with van der Waals surface area (Å²) in [6, 6.07) is 0. The quantitative estimate of drug-likeness (QED) is 0.434. The van der Waals surface area contributed by atoms with Crippen LogP contribution in [0, 0.1) is 5.92 Å². The monoisotopic (exact) mass is 337 g/mol. The Morgan fingerprint density at radius 3 is 2.17 bits per heavy atom. The fourth-order valence-corrected chi connectivity index (χ4v) is 2.45. The molecule has 0 saturated carbocycles. The molecule has 0 aliphatic heterocycles. The van der Waals surface area contributed by atoms with Crippen molar-refractivity contribution in [1.82, 2.24) is 10.2 Å². The van der Waals surface area contributed by atoms with E-state index in [1.165, 1.54) is 0 Å². The predicted octanol–water partition coefficient (Wildman–Crippen LogP) is 3.31. The lowest BCUT2D eigenvalue weighted by Gasteiger charge is -2.35. The van der Waals surface area contributed by atoms with Crippen molar-refractivity contribution >= 4 is 0 Å². The Kier molecular flexibility index (Phi) is 10.5. The van der Waals surface area contributed by atoms with Crippen molar-refractivity contribution in [1.29, 1.82) is 0 Å². The van der Waals surface area contributed by atoms with Crippen LogP contribution in [0.5, 0.6) is 0 Å². The molecule has 0 aliphatic carbocycles. The number of hydrogen-bond acceptors (Lipinski definition) is 5. The summed E-state index contributed by atoms with van der Waals surface area (Å²) in [4.78, 5) is 1.98. The number of allylic oxidation sites excluding steroid dienone is 3. The zero-order chi connectivity index (χ0) is 18.9. The number of nitrogens with one attached hydrogen (secondary N) is 1. The standard InChI is InChI=1S/C19H39N5/c1-8-12-16(17(20)13(5)9-2)24(19(22)14(6)10-3)15(7)18(21)23-11-4/h13,18,23H,7-12,20-22H2,1-6H3/b17-16-,19-14-. The van der Waals surface area contributed by atoms with Gasteiger partial charge in [-0.1, -0.05) is 47.6 Å². The van der Waals surface area contributed by atoms with Gasteiger partial charge in [-0.25, -0.2) is 0 Å². The Morgan fingerprint density at radius 1 is 1.17 bits per heavy atom. The number of hydrogen-bond donors (Lipinski definition) is 4. The molecule has 0 aromatic rings. The summed E-state index contributed by atoms with van der Waals surface area (Å²) in [5, 5.41) is 3.21. The Hall–Kier alpha value is -1.46. The summed E-state index contributed by atoms with van der Waals surface area (Å²) in [5.41, 5.74) is 23.0. The molecule has 7 N–H and O–H groups in total. The summed E-state index contributed by atoms with van der Waals surface area (Å²) < 4.78 is 0. The van der Waals surface area contributed by atoms with E-state index in [0.717, 1.165) is 54.9 Å². The van der Waals surface area contributed by atoms with Gasteiger partial charge in [0.05, 0.1) is 6.17 Å². The van der Waals surface area contributed by atoms with Crippen LogP contribution >= 0.6 is 0 Å². The maximum atomic E-state index is 6.51. The van der Waals surface area contributed by atoms with Gasteiger partial charge in [0, 0.05) is 17.1 Å². The molecule has 0 aromatic carbocycles. The van der Waals surface area contributed by atoms with E-state index in [9.17, 15) is 0 Å². The van der Waals surface area contributed by atoms with Crippen LogP contribution in [0.15, 0.2) is 35.1 Å². The van der Waals surface area contributed by atoms with Crippen LogP contribution in [0.1, 0.15) is 67.2 Å². The average molecular weight is 338 g/mol. The summed E-state index contributed by atoms with van der Waals surface area (Å²) in [6.45, 7) is 17.5. The largest absolute Gasteiger partial charge is 0.400 e. The minimum atomic E-state index is -0.366. The highest BCUT2D eigenvalue weighted by Crippen LogP contribution is 2.28. The lowest BCUT2D eigenvalue weighted by molar-refractivity contribution is 0.409. The Labute approximate surface area is 149 Å². The van der Waals surface area contributed by atoms with Crippen molar-refractivity contribution in [3.8, 4) is 0 Å². The summed E-state index contributed by atoms with van der Waals surface area (Å²) in [7, 11) is 0. The third-order valence-corrected chi connectivity index (χ3v) is 4.51. The van der Waals surface area contributed by atoms with Gasteiger partial charge in [0.25, 0.3) is 0 Å². The summed E-state index contributed by atoms with van der Waals surface area (Å²) >= 11 is 0. The maximum Gasteiger partial charge on any atom is 0.106 e. The van der Waals surface area contributed by atoms with Gasteiger partial charge < -0.3 is 22.1 Å². The van der Waals surface area contributed by atoms with Crippen LogP contribution in [0.2, 0.25) is 0 Å². The Morgan fingerprint density at radius 2 is 1.75 bits per heavy atom.